The van der Waals surface area contributed by atoms with Crippen LogP contribution in [0.1, 0.15) is 96.8 Å². The summed E-state index contributed by atoms with van der Waals surface area (Å²) in [4.78, 5) is 10.3. The summed E-state index contributed by atoms with van der Waals surface area (Å²) in [5.74, 6) is -0.702. The molecule has 0 rings (SSSR count). The second kappa shape index (κ2) is 15.3. The summed E-state index contributed by atoms with van der Waals surface area (Å²) in [5, 5.41) is 27.8. The Morgan fingerprint density at radius 3 is 1.64 bits per heavy atom. The van der Waals surface area contributed by atoms with Crippen LogP contribution in [0.25, 0.3) is 0 Å². The van der Waals surface area contributed by atoms with Gasteiger partial charge in [-0.2, -0.15) is 0 Å². The van der Waals surface area contributed by atoms with Gasteiger partial charge in [0.05, 0.1) is 12.2 Å². The van der Waals surface area contributed by atoms with E-state index in [1.807, 2.05) is 6.92 Å². The van der Waals surface area contributed by atoms with Gasteiger partial charge in [0.15, 0.2) is 0 Å². The van der Waals surface area contributed by atoms with Crippen molar-refractivity contribution in [2.45, 2.75) is 109 Å². The van der Waals surface area contributed by atoms with Crippen molar-refractivity contribution in [1.29, 1.82) is 0 Å². The number of carboxylic acids is 1. The van der Waals surface area contributed by atoms with Gasteiger partial charge in [-0.15, -0.1) is 0 Å². The van der Waals surface area contributed by atoms with Crippen molar-refractivity contribution < 1.29 is 20.1 Å². The third-order valence-electron chi connectivity index (χ3n) is 4.22. The summed E-state index contributed by atoms with van der Waals surface area (Å²) in [5.41, 5.74) is 0. The molecule has 0 radical (unpaired) electrons. The van der Waals surface area contributed by atoms with Crippen LogP contribution < -0.4 is 0 Å². The standard InChI is InChI=1S/C18H36O4/c1-2-16(19)12-9-7-10-14-17(20)13-8-5-3-4-6-11-15-18(21)22/h16-17,19-20H,2-15H2,1H3,(H,21,22). The summed E-state index contributed by atoms with van der Waals surface area (Å²) in [6, 6.07) is 0. The molecule has 0 aliphatic carbocycles. The van der Waals surface area contributed by atoms with Crippen LogP contribution in [-0.4, -0.2) is 33.5 Å². The average Bonchev–Trinajstić information content (AvgIpc) is 2.48. The number of aliphatic hydroxyl groups excluding tert-OH is 2. The minimum Gasteiger partial charge on any atom is -0.481 e. The van der Waals surface area contributed by atoms with Crippen LogP contribution >= 0.6 is 0 Å². The number of aliphatic hydroxyl groups is 2. The van der Waals surface area contributed by atoms with E-state index in [4.69, 9.17) is 5.11 Å². The van der Waals surface area contributed by atoms with Gasteiger partial charge in [-0.05, 0) is 32.1 Å². The van der Waals surface area contributed by atoms with Crippen LogP contribution in [0.15, 0.2) is 0 Å². The first-order valence-corrected chi connectivity index (χ1v) is 9.14. The van der Waals surface area contributed by atoms with Crippen molar-refractivity contribution in [3.05, 3.63) is 0 Å². The number of unbranched alkanes of at least 4 members (excludes halogenated alkanes) is 7. The second-order valence-electron chi connectivity index (χ2n) is 6.41. The average molecular weight is 316 g/mol. The van der Waals surface area contributed by atoms with E-state index in [1.165, 1.54) is 0 Å². The number of hydrogen-bond acceptors (Lipinski definition) is 3. The van der Waals surface area contributed by atoms with Gasteiger partial charge in [0, 0.05) is 6.42 Å². The third-order valence-corrected chi connectivity index (χ3v) is 4.22. The van der Waals surface area contributed by atoms with E-state index in [-0.39, 0.29) is 18.6 Å². The highest BCUT2D eigenvalue weighted by molar-refractivity contribution is 5.66. The molecule has 0 amide bonds. The first-order chi connectivity index (χ1) is 10.6. The van der Waals surface area contributed by atoms with Crippen LogP contribution in [0.2, 0.25) is 0 Å². The predicted octanol–water partition coefficient (Wildman–Crippen LogP) is 4.27. The molecule has 2 unspecified atom stereocenters. The Morgan fingerprint density at radius 1 is 0.727 bits per heavy atom. The minimum atomic E-state index is -0.702. The van der Waals surface area contributed by atoms with E-state index in [0.717, 1.165) is 83.5 Å². The van der Waals surface area contributed by atoms with E-state index >= 15 is 0 Å². The highest BCUT2D eigenvalue weighted by Crippen LogP contribution is 2.14. The molecule has 0 saturated carbocycles. The quantitative estimate of drug-likeness (QED) is 0.371. The van der Waals surface area contributed by atoms with Crippen molar-refractivity contribution in [2.24, 2.45) is 0 Å². The summed E-state index contributed by atoms with van der Waals surface area (Å²) in [6.45, 7) is 2.00. The number of carbonyl (C=O) groups is 1. The molecule has 0 bridgehead atoms. The van der Waals surface area contributed by atoms with Gasteiger partial charge in [-0.1, -0.05) is 58.3 Å². The van der Waals surface area contributed by atoms with Crippen LogP contribution in [0.5, 0.6) is 0 Å². The van der Waals surface area contributed by atoms with Gasteiger partial charge >= 0.3 is 5.97 Å². The van der Waals surface area contributed by atoms with Gasteiger partial charge in [-0.3, -0.25) is 4.79 Å². The molecule has 132 valence electrons. The Morgan fingerprint density at radius 2 is 1.14 bits per heavy atom. The fourth-order valence-corrected chi connectivity index (χ4v) is 2.65. The Labute approximate surface area is 135 Å². The lowest BCUT2D eigenvalue weighted by Gasteiger charge is -2.11. The zero-order valence-corrected chi connectivity index (χ0v) is 14.3. The zero-order chi connectivity index (χ0) is 16.6. The van der Waals surface area contributed by atoms with Crippen LogP contribution in [0.4, 0.5) is 0 Å². The van der Waals surface area contributed by atoms with Crippen molar-refractivity contribution in [1.82, 2.24) is 0 Å². The number of carboxylic acid groups (broad SMARTS) is 1. The first-order valence-electron chi connectivity index (χ1n) is 9.14. The number of hydrogen-bond donors (Lipinski definition) is 3. The first kappa shape index (κ1) is 21.4. The topological polar surface area (TPSA) is 77.8 Å². The second-order valence-corrected chi connectivity index (χ2v) is 6.41. The Bertz CT molecular complexity index is 255. The van der Waals surface area contributed by atoms with E-state index in [2.05, 4.69) is 0 Å². The molecule has 4 nitrogen and oxygen atoms in total. The van der Waals surface area contributed by atoms with Gasteiger partial charge < -0.3 is 15.3 Å². The normalized spacial score (nSPS) is 14.0. The molecular formula is C18H36O4. The molecular weight excluding hydrogens is 280 g/mol. The molecule has 0 heterocycles. The van der Waals surface area contributed by atoms with E-state index < -0.39 is 5.97 Å². The molecule has 2 atom stereocenters. The Kier molecular flexibility index (Phi) is 14.9. The Balaban J connectivity index is 3.22. The molecule has 0 aliphatic rings. The number of rotatable bonds is 16. The highest BCUT2D eigenvalue weighted by atomic mass is 16.4. The molecule has 3 N–H and O–H groups in total. The van der Waals surface area contributed by atoms with Gasteiger partial charge in [0.1, 0.15) is 0 Å². The smallest absolute Gasteiger partial charge is 0.303 e. The molecule has 0 spiro atoms. The van der Waals surface area contributed by atoms with Crippen molar-refractivity contribution in [3.8, 4) is 0 Å². The van der Waals surface area contributed by atoms with Gasteiger partial charge in [-0.25, -0.2) is 0 Å². The van der Waals surface area contributed by atoms with Gasteiger partial charge in [0.2, 0.25) is 0 Å². The largest absolute Gasteiger partial charge is 0.481 e. The highest BCUT2D eigenvalue weighted by Gasteiger charge is 2.05. The van der Waals surface area contributed by atoms with Crippen LogP contribution in [0.3, 0.4) is 0 Å². The maximum Gasteiger partial charge on any atom is 0.303 e. The molecule has 0 aromatic heterocycles. The van der Waals surface area contributed by atoms with Crippen molar-refractivity contribution >= 4 is 5.97 Å². The lowest BCUT2D eigenvalue weighted by atomic mass is 10.0. The summed E-state index contributed by atoms with van der Waals surface area (Å²) in [6.07, 6.45) is 12.8. The monoisotopic (exact) mass is 316 g/mol. The molecule has 0 fully saturated rings. The third kappa shape index (κ3) is 15.8. The van der Waals surface area contributed by atoms with E-state index in [9.17, 15) is 15.0 Å². The minimum absolute atomic E-state index is 0.152. The Hall–Kier alpha value is -0.610. The van der Waals surface area contributed by atoms with E-state index in [1.54, 1.807) is 0 Å². The van der Waals surface area contributed by atoms with Gasteiger partial charge in [0.25, 0.3) is 0 Å². The molecule has 22 heavy (non-hydrogen) atoms. The lowest BCUT2D eigenvalue weighted by molar-refractivity contribution is -0.137. The van der Waals surface area contributed by atoms with Crippen molar-refractivity contribution in [2.75, 3.05) is 0 Å². The lowest BCUT2D eigenvalue weighted by Crippen LogP contribution is -2.07. The molecule has 0 aromatic rings. The summed E-state index contributed by atoms with van der Waals surface area (Å²) in [7, 11) is 0. The van der Waals surface area contributed by atoms with E-state index in [0.29, 0.717) is 0 Å². The summed E-state index contributed by atoms with van der Waals surface area (Å²) < 4.78 is 0. The molecule has 0 saturated heterocycles. The predicted molar refractivity (Wildman–Crippen MR) is 90.0 cm³/mol. The van der Waals surface area contributed by atoms with Crippen LogP contribution in [-0.2, 0) is 4.79 Å². The fraction of sp³-hybridized carbons (Fsp3) is 0.944. The SMILES string of the molecule is CCC(O)CCCCCC(O)CCCCCCCCC(=O)O. The maximum absolute atomic E-state index is 10.3. The van der Waals surface area contributed by atoms with Crippen molar-refractivity contribution in [3.63, 3.8) is 0 Å². The molecule has 0 aliphatic heterocycles. The maximum atomic E-state index is 10.3. The molecule has 0 aromatic carbocycles. The van der Waals surface area contributed by atoms with Crippen LogP contribution in [0, 0.1) is 0 Å². The summed E-state index contributed by atoms with van der Waals surface area (Å²) >= 11 is 0. The fourth-order valence-electron chi connectivity index (χ4n) is 2.65. The molecule has 4 heteroatoms. The zero-order valence-electron chi connectivity index (χ0n) is 14.3. The number of aliphatic carboxylic acids is 1.